The van der Waals surface area contributed by atoms with Gasteiger partial charge in [-0.25, -0.2) is 13.6 Å². The first-order chi connectivity index (χ1) is 9.77. The fourth-order valence-corrected chi connectivity index (χ4v) is 2.73. The Labute approximate surface area is 123 Å². The van der Waals surface area contributed by atoms with Gasteiger partial charge in [0.15, 0.2) is 0 Å². The molecule has 7 nitrogen and oxygen atoms in total. The van der Waals surface area contributed by atoms with E-state index in [0.717, 1.165) is 24.8 Å². The number of anilines is 1. The Morgan fingerprint density at radius 3 is 2.67 bits per heavy atom. The number of nitro groups is 1. The van der Waals surface area contributed by atoms with E-state index in [-0.39, 0.29) is 16.6 Å². The minimum absolute atomic E-state index is 0.0876. The highest BCUT2D eigenvalue weighted by Gasteiger charge is 2.23. The van der Waals surface area contributed by atoms with E-state index in [2.05, 4.69) is 5.32 Å². The topological polar surface area (TPSA) is 115 Å². The third-order valence-electron chi connectivity index (χ3n) is 3.60. The Morgan fingerprint density at radius 2 is 2.14 bits per heavy atom. The van der Waals surface area contributed by atoms with Crippen molar-refractivity contribution in [2.24, 2.45) is 11.1 Å². The minimum Gasteiger partial charge on any atom is -0.377 e. The minimum atomic E-state index is -3.95. The first-order valence-corrected chi connectivity index (χ1v) is 8.40. The van der Waals surface area contributed by atoms with Crippen LogP contribution in [0.1, 0.15) is 32.6 Å². The number of sulfonamides is 1. The van der Waals surface area contributed by atoms with Crippen molar-refractivity contribution in [2.75, 3.05) is 5.32 Å². The van der Waals surface area contributed by atoms with Crippen LogP contribution >= 0.6 is 0 Å². The highest BCUT2D eigenvalue weighted by Crippen LogP contribution is 2.34. The van der Waals surface area contributed by atoms with Crippen molar-refractivity contribution >= 4 is 21.4 Å². The van der Waals surface area contributed by atoms with Crippen LogP contribution in [0.15, 0.2) is 23.1 Å². The van der Waals surface area contributed by atoms with Crippen molar-refractivity contribution in [1.82, 2.24) is 0 Å². The van der Waals surface area contributed by atoms with Crippen LogP contribution in [0.4, 0.5) is 11.4 Å². The molecule has 1 atom stereocenters. The molecule has 0 heterocycles. The van der Waals surface area contributed by atoms with Crippen molar-refractivity contribution < 1.29 is 13.3 Å². The van der Waals surface area contributed by atoms with Gasteiger partial charge in [0.1, 0.15) is 5.69 Å². The van der Waals surface area contributed by atoms with Gasteiger partial charge in [0.2, 0.25) is 10.0 Å². The largest absolute Gasteiger partial charge is 0.377 e. The fourth-order valence-electron chi connectivity index (χ4n) is 2.19. The molecule has 0 radical (unpaired) electrons. The van der Waals surface area contributed by atoms with Crippen LogP contribution in [0.3, 0.4) is 0 Å². The number of primary sulfonamides is 1. The lowest BCUT2D eigenvalue weighted by Gasteiger charge is -2.15. The zero-order valence-electron chi connectivity index (χ0n) is 11.8. The molecule has 1 aliphatic rings. The van der Waals surface area contributed by atoms with Gasteiger partial charge in [-0.2, -0.15) is 0 Å². The summed E-state index contributed by atoms with van der Waals surface area (Å²) < 4.78 is 22.5. The van der Waals surface area contributed by atoms with Gasteiger partial charge in [-0.1, -0.05) is 12.8 Å². The van der Waals surface area contributed by atoms with Crippen LogP contribution in [0, 0.1) is 16.0 Å². The lowest BCUT2D eigenvalue weighted by molar-refractivity contribution is -0.384. The molecule has 0 spiro atoms. The normalized spacial score (nSPS) is 16.5. The van der Waals surface area contributed by atoms with E-state index in [4.69, 9.17) is 5.14 Å². The maximum absolute atomic E-state index is 11.3. The summed E-state index contributed by atoms with van der Waals surface area (Å²) in [7, 11) is -3.95. The lowest BCUT2D eigenvalue weighted by atomic mass is 10.1. The van der Waals surface area contributed by atoms with Gasteiger partial charge < -0.3 is 5.32 Å². The van der Waals surface area contributed by atoms with Crippen LogP contribution in [0.2, 0.25) is 0 Å². The Bertz CT molecular complexity index is 641. The molecule has 0 amide bonds. The van der Waals surface area contributed by atoms with Gasteiger partial charge in [0, 0.05) is 12.1 Å². The summed E-state index contributed by atoms with van der Waals surface area (Å²) in [6.07, 6.45) is 4.59. The predicted molar refractivity (Wildman–Crippen MR) is 79.5 cm³/mol. The van der Waals surface area contributed by atoms with Crippen LogP contribution < -0.4 is 10.5 Å². The van der Waals surface area contributed by atoms with Gasteiger partial charge in [0.25, 0.3) is 5.69 Å². The molecule has 2 rings (SSSR count). The Morgan fingerprint density at radius 1 is 1.48 bits per heavy atom. The van der Waals surface area contributed by atoms with E-state index in [1.54, 1.807) is 0 Å². The zero-order chi connectivity index (χ0) is 15.6. The number of hydrogen-bond acceptors (Lipinski definition) is 5. The molecule has 0 bridgehead atoms. The van der Waals surface area contributed by atoms with Gasteiger partial charge in [-0.05, 0) is 37.8 Å². The Balaban J connectivity index is 2.15. The monoisotopic (exact) mass is 313 g/mol. The molecule has 1 aliphatic carbocycles. The molecule has 0 saturated heterocycles. The lowest BCUT2D eigenvalue weighted by Crippen LogP contribution is -2.17. The number of nitrogens with one attached hydrogen (secondary N) is 1. The van der Waals surface area contributed by atoms with E-state index in [1.165, 1.54) is 25.0 Å². The Kier molecular flexibility index (Phi) is 4.48. The summed E-state index contributed by atoms with van der Waals surface area (Å²) in [6.45, 7) is 1.96. The molecular weight excluding hydrogens is 294 g/mol. The average molecular weight is 313 g/mol. The molecule has 8 heteroatoms. The molecule has 3 N–H and O–H groups in total. The summed E-state index contributed by atoms with van der Waals surface area (Å²) in [6, 6.07) is 3.75. The molecular formula is C13H19N3O4S. The second kappa shape index (κ2) is 5.98. The fraction of sp³-hybridized carbons (Fsp3) is 0.538. The standard InChI is InChI=1S/C13H19N3O4S/c1-9(2-3-10-4-5-10)15-12-7-6-11(21(14,19)20)8-13(12)16(17)18/h6-10,15H,2-5H2,1H3,(H2,14,19,20). The van der Waals surface area contributed by atoms with Crippen molar-refractivity contribution in [3.05, 3.63) is 28.3 Å². The van der Waals surface area contributed by atoms with E-state index in [0.29, 0.717) is 5.69 Å². The van der Waals surface area contributed by atoms with Crippen molar-refractivity contribution in [3.63, 3.8) is 0 Å². The van der Waals surface area contributed by atoms with Gasteiger partial charge >= 0.3 is 0 Å². The van der Waals surface area contributed by atoms with Crippen molar-refractivity contribution in [3.8, 4) is 0 Å². The first-order valence-electron chi connectivity index (χ1n) is 6.85. The van der Waals surface area contributed by atoms with E-state index in [1.807, 2.05) is 6.92 Å². The number of rotatable bonds is 7. The molecule has 1 saturated carbocycles. The molecule has 116 valence electrons. The maximum atomic E-state index is 11.3. The molecule has 1 fully saturated rings. The number of nitrogens with two attached hydrogens (primary N) is 1. The smallest absolute Gasteiger partial charge is 0.293 e. The molecule has 1 aromatic rings. The quantitative estimate of drug-likeness (QED) is 0.591. The number of benzene rings is 1. The highest BCUT2D eigenvalue weighted by molar-refractivity contribution is 7.89. The van der Waals surface area contributed by atoms with Gasteiger partial charge in [-0.3, -0.25) is 10.1 Å². The number of hydrogen-bond donors (Lipinski definition) is 2. The van der Waals surface area contributed by atoms with Gasteiger partial charge in [0.05, 0.1) is 9.82 Å². The van der Waals surface area contributed by atoms with E-state index < -0.39 is 14.9 Å². The zero-order valence-corrected chi connectivity index (χ0v) is 12.6. The van der Waals surface area contributed by atoms with Crippen LogP contribution in [0.5, 0.6) is 0 Å². The highest BCUT2D eigenvalue weighted by atomic mass is 32.2. The number of nitro benzene ring substituents is 1. The molecule has 0 aliphatic heterocycles. The summed E-state index contributed by atoms with van der Waals surface area (Å²) in [5, 5.41) is 19.2. The summed E-state index contributed by atoms with van der Waals surface area (Å²) in [5.74, 6) is 0.800. The predicted octanol–water partition coefficient (Wildman–Crippen LogP) is 2.23. The summed E-state index contributed by atoms with van der Waals surface area (Å²) in [5.41, 5.74) is 0.0375. The number of nitrogens with zero attached hydrogens (tertiary/aromatic N) is 1. The van der Waals surface area contributed by atoms with Crippen molar-refractivity contribution in [1.29, 1.82) is 0 Å². The SMILES string of the molecule is CC(CCC1CC1)Nc1ccc(S(N)(=O)=O)cc1[N+](=O)[O-]. The van der Waals surface area contributed by atoms with Crippen LogP contribution in [-0.4, -0.2) is 19.4 Å². The van der Waals surface area contributed by atoms with Crippen molar-refractivity contribution in [2.45, 2.75) is 43.5 Å². The maximum Gasteiger partial charge on any atom is 0.293 e. The molecule has 1 unspecified atom stereocenters. The van der Waals surface area contributed by atoms with E-state index >= 15 is 0 Å². The summed E-state index contributed by atoms with van der Waals surface area (Å²) >= 11 is 0. The third-order valence-corrected chi connectivity index (χ3v) is 4.51. The summed E-state index contributed by atoms with van der Waals surface area (Å²) in [4.78, 5) is 10.2. The van der Waals surface area contributed by atoms with E-state index in [9.17, 15) is 18.5 Å². The Hall–Kier alpha value is -1.67. The average Bonchev–Trinajstić information content (AvgIpc) is 3.19. The van der Waals surface area contributed by atoms with Crippen LogP contribution in [-0.2, 0) is 10.0 Å². The van der Waals surface area contributed by atoms with Gasteiger partial charge in [-0.15, -0.1) is 0 Å². The first kappa shape index (κ1) is 15.7. The third kappa shape index (κ3) is 4.40. The van der Waals surface area contributed by atoms with Crippen LogP contribution in [0.25, 0.3) is 0 Å². The molecule has 21 heavy (non-hydrogen) atoms. The second-order valence-electron chi connectivity index (χ2n) is 5.55. The second-order valence-corrected chi connectivity index (χ2v) is 7.11. The molecule has 0 aromatic heterocycles. The molecule has 1 aromatic carbocycles.